The van der Waals surface area contributed by atoms with Gasteiger partial charge in [-0.25, -0.2) is 0 Å². The van der Waals surface area contributed by atoms with Crippen LogP contribution in [0.3, 0.4) is 0 Å². The zero-order chi connectivity index (χ0) is 25.3. The van der Waals surface area contributed by atoms with E-state index in [0.29, 0.717) is 11.7 Å². The molecule has 0 amide bonds. The Balaban J connectivity index is 0. The van der Waals surface area contributed by atoms with E-state index in [4.69, 9.17) is 10.5 Å². The summed E-state index contributed by atoms with van der Waals surface area (Å²) in [5.41, 5.74) is 11.5. The van der Waals surface area contributed by atoms with Gasteiger partial charge in [-0.05, 0) is 68.1 Å². The smallest absolute Gasteiger partial charge is 0.116 e. The number of anilines is 1. The summed E-state index contributed by atoms with van der Waals surface area (Å²) >= 11 is 0. The Hall–Kier alpha value is -3.45. The summed E-state index contributed by atoms with van der Waals surface area (Å²) in [4.78, 5) is 11.2. The van der Waals surface area contributed by atoms with Crippen LogP contribution in [0.5, 0.6) is 0 Å². The average molecular weight is 437 g/mol. The number of rotatable bonds is 2. The van der Waals surface area contributed by atoms with Crippen LogP contribution in [0.4, 0.5) is 5.69 Å². The van der Waals surface area contributed by atoms with Crippen molar-refractivity contribution in [2.75, 3.05) is 11.9 Å². The molecule has 0 aromatic heterocycles. The molecule has 0 aliphatic carbocycles. The minimum absolute atomic E-state index is 0.114. The Labute approximate surface area is 195 Å². The molecular weight excluding hydrogens is 396 g/mol. The lowest BCUT2D eigenvalue weighted by atomic mass is 9.93. The van der Waals surface area contributed by atoms with Gasteiger partial charge in [0.05, 0.1) is 0 Å². The van der Waals surface area contributed by atoms with E-state index in [9.17, 15) is 5.11 Å². The fourth-order valence-electron chi connectivity index (χ4n) is 2.96. The molecule has 2 aromatic carbocycles. The predicted molar refractivity (Wildman–Crippen MR) is 142 cm³/mol. The molecule has 0 saturated heterocycles. The van der Waals surface area contributed by atoms with Crippen LogP contribution in [-0.2, 0) is 11.2 Å². The molecule has 4 nitrogen and oxygen atoms in total. The van der Waals surface area contributed by atoms with Gasteiger partial charge in [0.25, 0.3) is 0 Å². The number of hydrogen-bond acceptors (Lipinski definition) is 4. The maximum atomic E-state index is 9.40. The van der Waals surface area contributed by atoms with Gasteiger partial charge in [0.1, 0.15) is 12.0 Å². The van der Waals surface area contributed by atoms with E-state index in [1.54, 1.807) is 6.92 Å². The number of carbonyl (C=O) groups is 1. The third-order valence-corrected chi connectivity index (χ3v) is 4.50. The van der Waals surface area contributed by atoms with E-state index < -0.39 is 0 Å². The minimum Gasteiger partial charge on any atom is -0.508 e. The third kappa shape index (κ3) is 10.5. The standard InChI is InChI=1S/C19H21NO.C3H7N.C2H4O.C2H6.C2H2/c1-13-4-5-18-12-17(10-11-19(18)20(13)3)16-8-6-15(7-9-16)14(2)21;1-3(2)4;1-2-3;2*1-2/h6-13,21H,2,4-5H2,1,3H3;1,4H2,2H3;2H,1H3;1-2H3;1-2H/t13-;;;;/m0..../s1. The second-order valence-corrected chi connectivity index (χ2v) is 6.95. The van der Waals surface area contributed by atoms with Gasteiger partial charge in [-0.2, -0.15) is 0 Å². The Morgan fingerprint density at radius 3 is 2.00 bits per heavy atom. The number of nitrogens with zero attached hydrogens (tertiary/aromatic N) is 1. The number of carbonyl (C=O) groups excluding carboxylic acids is 1. The van der Waals surface area contributed by atoms with E-state index in [-0.39, 0.29) is 5.76 Å². The highest BCUT2D eigenvalue weighted by Crippen LogP contribution is 2.33. The lowest BCUT2D eigenvalue weighted by molar-refractivity contribution is -0.106. The fourth-order valence-corrected chi connectivity index (χ4v) is 2.96. The molecule has 0 saturated carbocycles. The fraction of sp³-hybridized carbons (Fsp3) is 0.321. The van der Waals surface area contributed by atoms with Gasteiger partial charge >= 0.3 is 0 Å². The van der Waals surface area contributed by atoms with Crippen LogP contribution < -0.4 is 10.6 Å². The summed E-state index contributed by atoms with van der Waals surface area (Å²) in [7, 11) is 2.17. The molecule has 32 heavy (non-hydrogen) atoms. The SMILES string of the molecule is C#C.C=C(C)N.C=C(O)c1ccc(-c2ccc3c(c2)CC[C@H](C)N3C)cc1.CC.CC=O. The largest absolute Gasteiger partial charge is 0.508 e. The first kappa shape index (κ1) is 30.7. The summed E-state index contributed by atoms with van der Waals surface area (Å²) in [5, 5.41) is 9.40. The van der Waals surface area contributed by atoms with Gasteiger partial charge in [-0.1, -0.05) is 57.3 Å². The zero-order valence-electron chi connectivity index (χ0n) is 20.6. The number of terminal acetylenes is 1. The summed E-state index contributed by atoms with van der Waals surface area (Å²) in [6.07, 6.45) is 11.1. The molecule has 1 heterocycles. The number of allylic oxidation sites excluding steroid dienone is 1. The number of benzene rings is 2. The summed E-state index contributed by atoms with van der Waals surface area (Å²) in [6.45, 7) is 16.4. The number of fused-ring (bicyclic) bond motifs is 1. The number of aryl methyl sites for hydroxylation is 1. The monoisotopic (exact) mass is 436 g/mol. The van der Waals surface area contributed by atoms with Crippen LogP contribution in [0.15, 0.2) is 61.3 Å². The number of aliphatic hydroxyl groups excluding tert-OH is 1. The third-order valence-electron chi connectivity index (χ3n) is 4.50. The normalized spacial score (nSPS) is 12.9. The minimum atomic E-state index is 0.114. The van der Waals surface area contributed by atoms with E-state index in [0.717, 1.165) is 18.3 Å². The molecule has 174 valence electrons. The van der Waals surface area contributed by atoms with Crippen LogP contribution in [0.2, 0.25) is 0 Å². The molecule has 0 fully saturated rings. The van der Waals surface area contributed by atoms with Gasteiger partial charge in [0.2, 0.25) is 0 Å². The molecule has 3 N–H and O–H groups in total. The highest BCUT2D eigenvalue weighted by atomic mass is 16.3. The van der Waals surface area contributed by atoms with Gasteiger partial charge in [-0.3, -0.25) is 0 Å². The van der Waals surface area contributed by atoms with Crippen LogP contribution >= 0.6 is 0 Å². The van der Waals surface area contributed by atoms with Gasteiger partial charge in [0, 0.05) is 24.3 Å². The van der Waals surface area contributed by atoms with E-state index >= 15 is 0 Å². The molecular formula is C28H40N2O2. The van der Waals surface area contributed by atoms with Crippen molar-refractivity contribution in [3.8, 4) is 24.0 Å². The summed E-state index contributed by atoms with van der Waals surface area (Å²) in [5.74, 6) is 0.114. The number of nitrogens with two attached hydrogens (primary N) is 1. The molecule has 3 rings (SSSR count). The van der Waals surface area contributed by atoms with Crippen LogP contribution in [-0.4, -0.2) is 24.5 Å². The average Bonchev–Trinajstić information content (AvgIpc) is 2.79. The molecule has 0 spiro atoms. The Morgan fingerprint density at radius 1 is 1.12 bits per heavy atom. The lowest BCUT2D eigenvalue weighted by Crippen LogP contribution is -2.33. The van der Waals surface area contributed by atoms with E-state index in [2.05, 4.69) is 63.1 Å². The quantitative estimate of drug-likeness (QED) is 0.316. The van der Waals surface area contributed by atoms with Crippen molar-refractivity contribution in [1.82, 2.24) is 0 Å². The number of hydrogen-bond donors (Lipinski definition) is 2. The van der Waals surface area contributed by atoms with Crippen molar-refractivity contribution in [1.29, 1.82) is 0 Å². The molecule has 0 unspecified atom stereocenters. The van der Waals surface area contributed by atoms with Crippen molar-refractivity contribution >= 4 is 17.7 Å². The summed E-state index contributed by atoms with van der Waals surface area (Å²) < 4.78 is 0. The van der Waals surface area contributed by atoms with Crippen molar-refractivity contribution in [3.05, 3.63) is 72.4 Å². The second-order valence-electron chi connectivity index (χ2n) is 6.95. The molecule has 1 aliphatic heterocycles. The van der Waals surface area contributed by atoms with Gasteiger partial charge in [0.15, 0.2) is 0 Å². The van der Waals surface area contributed by atoms with E-state index in [1.807, 2.05) is 38.1 Å². The Morgan fingerprint density at radius 2 is 1.56 bits per heavy atom. The molecule has 2 aromatic rings. The first-order valence-electron chi connectivity index (χ1n) is 10.7. The second kappa shape index (κ2) is 17.3. The first-order chi connectivity index (χ1) is 15.2. The Bertz CT molecular complexity index is 847. The zero-order valence-corrected chi connectivity index (χ0v) is 20.6. The van der Waals surface area contributed by atoms with Crippen LogP contribution in [0, 0.1) is 12.8 Å². The van der Waals surface area contributed by atoms with E-state index in [1.165, 1.54) is 35.7 Å². The van der Waals surface area contributed by atoms with Crippen molar-refractivity contribution in [3.63, 3.8) is 0 Å². The van der Waals surface area contributed by atoms with Crippen molar-refractivity contribution in [2.45, 2.75) is 53.5 Å². The molecule has 0 radical (unpaired) electrons. The summed E-state index contributed by atoms with van der Waals surface area (Å²) in [6, 6.07) is 15.2. The maximum absolute atomic E-state index is 9.40. The molecule has 1 aliphatic rings. The van der Waals surface area contributed by atoms with Crippen LogP contribution in [0.25, 0.3) is 16.9 Å². The number of aliphatic hydroxyl groups is 1. The molecule has 1 atom stereocenters. The Kier molecular flexibility index (Phi) is 16.6. The highest BCUT2D eigenvalue weighted by molar-refractivity contribution is 5.71. The van der Waals surface area contributed by atoms with Crippen LogP contribution in [0.1, 0.15) is 52.2 Å². The van der Waals surface area contributed by atoms with Crippen molar-refractivity contribution in [2.24, 2.45) is 5.73 Å². The first-order valence-corrected chi connectivity index (χ1v) is 10.7. The number of aldehydes is 1. The predicted octanol–water partition coefficient (Wildman–Crippen LogP) is 6.61. The van der Waals surface area contributed by atoms with Crippen molar-refractivity contribution < 1.29 is 9.90 Å². The highest BCUT2D eigenvalue weighted by Gasteiger charge is 2.19. The maximum Gasteiger partial charge on any atom is 0.116 e. The lowest BCUT2D eigenvalue weighted by Gasteiger charge is -2.34. The topological polar surface area (TPSA) is 66.6 Å². The van der Waals surface area contributed by atoms with Gasteiger partial charge in [-0.15, -0.1) is 12.8 Å². The molecule has 0 bridgehead atoms. The van der Waals surface area contributed by atoms with Gasteiger partial charge < -0.3 is 20.5 Å². The molecule has 4 heteroatoms.